The average molecular weight is 460 g/mol. The fourth-order valence-electron chi connectivity index (χ4n) is 4.36. The molecule has 34 heavy (non-hydrogen) atoms. The van der Waals surface area contributed by atoms with E-state index in [2.05, 4.69) is 6.07 Å². The molecule has 2 aromatic carbocycles. The van der Waals surface area contributed by atoms with Crippen LogP contribution in [0.3, 0.4) is 0 Å². The lowest BCUT2D eigenvalue weighted by Crippen LogP contribution is -2.38. The van der Waals surface area contributed by atoms with E-state index in [9.17, 15) is 10.1 Å². The Morgan fingerprint density at radius 1 is 1.06 bits per heavy atom. The molecule has 2 atom stereocenters. The lowest BCUT2D eigenvalue weighted by molar-refractivity contribution is 0.323. The molecule has 3 aromatic rings. The van der Waals surface area contributed by atoms with E-state index in [1.807, 2.05) is 37.3 Å². The Labute approximate surface area is 197 Å². The lowest BCUT2D eigenvalue weighted by atomic mass is 9.79. The number of nitriles is 1. The predicted molar refractivity (Wildman–Crippen MR) is 126 cm³/mol. The third-order valence-electron chi connectivity index (χ3n) is 6.02. The van der Waals surface area contributed by atoms with E-state index in [0.717, 1.165) is 5.56 Å². The first-order chi connectivity index (χ1) is 16.4. The van der Waals surface area contributed by atoms with E-state index in [-0.39, 0.29) is 17.2 Å². The van der Waals surface area contributed by atoms with Crippen molar-refractivity contribution in [1.82, 2.24) is 4.57 Å². The van der Waals surface area contributed by atoms with Crippen LogP contribution in [0.1, 0.15) is 28.3 Å². The smallest absolute Gasteiger partial charge is 0.258 e. The minimum atomic E-state index is -1.00. The second-order valence-electron chi connectivity index (χ2n) is 7.95. The average Bonchev–Trinajstić information content (AvgIpc) is 2.85. The molecule has 0 fully saturated rings. The highest BCUT2D eigenvalue weighted by Crippen LogP contribution is 2.46. The van der Waals surface area contributed by atoms with Crippen LogP contribution in [0.5, 0.6) is 23.0 Å². The van der Waals surface area contributed by atoms with Crippen LogP contribution in [-0.4, -0.2) is 31.8 Å². The van der Waals surface area contributed by atoms with E-state index in [1.54, 1.807) is 22.8 Å². The summed E-state index contributed by atoms with van der Waals surface area (Å²) >= 11 is 0. The molecule has 0 radical (unpaired) electrons. The van der Waals surface area contributed by atoms with Crippen molar-refractivity contribution >= 4 is 5.90 Å². The Balaban J connectivity index is 1.96. The van der Waals surface area contributed by atoms with E-state index in [0.29, 0.717) is 40.6 Å². The van der Waals surface area contributed by atoms with E-state index < -0.39 is 11.8 Å². The third-order valence-corrected chi connectivity index (χ3v) is 6.02. The SMILES string of the molecule is COc1cc(C2c3c(cc(C)n(Cc4ccccc4)c3=O)OC(=N)C2C#N)cc(OC)c1OC. The molecular weight excluding hydrogens is 434 g/mol. The van der Waals surface area contributed by atoms with Gasteiger partial charge in [-0.25, -0.2) is 0 Å². The molecule has 1 aromatic heterocycles. The number of benzene rings is 2. The molecule has 1 aliphatic rings. The number of methoxy groups -OCH3 is 3. The van der Waals surface area contributed by atoms with Crippen molar-refractivity contribution in [2.75, 3.05) is 21.3 Å². The Morgan fingerprint density at radius 2 is 1.71 bits per heavy atom. The number of hydrogen-bond acceptors (Lipinski definition) is 7. The van der Waals surface area contributed by atoms with Crippen LogP contribution in [-0.2, 0) is 6.54 Å². The molecule has 2 unspecified atom stereocenters. The minimum absolute atomic E-state index is 0.214. The molecule has 0 saturated heterocycles. The van der Waals surface area contributed by atoms with Gasteiger partial charge < -0.3 is 23.5 Å². The monoisotopic (exact) mass is 459 g/mol. The van der Waals surface area contributed by atoms with Gasteiger partial charge in [-0.1, -0.05) is 30.3 Å². The number of nitrogens with one attached hydrogen (secondary N) is 1. The van der Waals surface area contributed by atoms with Crippen molar-refractivity contribution in [3.63, 3.8) is 0 Å². The minimum Gasteiger partial charge on any atom is -0.493 e. The Morgan fingerprint density at radius 3 is 2.26 bits per heavy atom. The summed E-state index contributed by atoms with van der Waals surface area (Å²) < 4.78 is 23.7. The van der Waals surface area contributed by atoms with Gasteiger partial charge in [0.15, 0.2) is 11.5 Å². The Bertz CT molecular complexity index is 1320. The maximum Gasteiger partial charge on any atom is 0.258 e. The van der Waals surface area contributed by atoms with E-state index in [4.69, 9.17) is 24.4 Å². The number of fused-ring (bicyclic) bond motifs is 1. The van der Waals surface area contributed by atoms with Crippen molar-refractivity contribution in [3.8, 4) is 29.1 Å². The molecule has 1 aliphatic heterocycles. The number of nitrogens with zero attached hydrogens (tertiary/aromatic N) is 2. The quantitative estimate of drug-likeness (QED) is 0.600. The summed E-state index contributed by atoms with van der Waals surface area (Å²) in [5.74, 6) is -0.513. The molecule has 2 heterocycles. The number of aromatic nitrogens is 1. The maximum absolute atomic E-state index is 13.8. The van der Waals surface area contributed by atoms with Crippen LogP contribution in [0.15, 0.2) is 53.3 Å². The normalized spacial score (nSPS) is 16.7. The summed E-state index contributed by atoms with van der Waals surface area (Å²) in [6, 6.07) is 17.0. The highest BCUT2D eigenvalue weighted by molar-refractivity contribution is 5.85. The zero-order chi connectivity index (χ0) is 24.4. The lowest BCUT2D eigenvalue weighted by Gasteiger charge is -2.31. The van der Waals surface area contributed by atoms with Crippen LogP contribution < -0.4 is 24.5 Å². The first-order valence-electron chi connectivity index (χ1n) is 10.7. The van der Waals surface area contributed by atoms with Crippen LogP contribution in [0.2, 0.25) is 0 Å². The first-order valence-corrected chi connectivity index (χ1v) is 10.7. The molecule has 0 amide bonds. The number of pyridine rings is 1. The molecular formula is C26H25N3O5. The Hall–Kier alpha value is -4.25. The van der Waals surface area contributed by atoms with Crippen molar-refractivity contribution in [3.05, 3.63) is 81.3 Å². The van der Waals surface area contributed by atoms with Crippen molar-refractivity contribution in [2.45, 2.75) is 19.4 Å². The number of rotatable bonds is 6. The fourth-order valence-corrected chi connectivity index (χ4v) is 4.36. The van der Waals surface area contributed by atoms with E-state index in [1.165, 1.54) is 21.3 Å². The maximum atomic E-state index is 13.8. The van der Waals surface area contributed by atoms with Gasteiger partial charge in [0.25, 0.3) is 5.56 Å². The molecule has 174 valence electrons. The van der Waals surface area contributed by atoms with Gasteiger partial charge in [0.1, 0.15) is 11.7 Å². The van der Waals surface area contributed by atoms with Crippen LogP contribution in [0.4, 0.5) is 0 Å². The zero-order valence-electron chi connectivity index (χ0n) is 19.4. The van der Waals surface area contributed by atoms with Gasteiger partial charge in [-0.05, 0) is 30.2 Å². The molecule has 1 N–H and O–H groups in total. The second kappa shape index (κ2) is 9.32. The van der Waals surface area contributed by atoms with Gasteiger partial charge >= 0.3 is 0 Å². The summed E-state index contributed by atoms with van der Waals surface area (Å²) in [5.41, 5.74) is 2.30. The molecule has 8 nitrogen and oxygen atoms in total. The van der Waals surface area contributed by atoms with Gasteiger partial charge in [-0.15, -0.1) is 0 Å². The topological polar surface area (TPSA) is 107 Å². The summed E-state index contributed by atoms with van der Waals surface area (Å²) in [5, 5.41) is 18.3. The van der Waals surface area contributed by atoms with Crippen molar-refractivity contribution in [2.24, 2.45) is 5.92 Å². The predicted octanol–water partition coefficient (Wildman–Crippen LogP) is 3.87. The van der Waals surface area contributed by atoms with Gasteiger partial charge in [0.2, 0.25) is 11.6 Å². The number of aryl methyl sites for hydroxylation is 1. The summed E-state index contributed by atoms with van der Waals surface area (Å²) in [6.45, 7) is 2.19. The summed E-state index contributed by atoms with van der Waals surface area (Å²) in [7, 11) is 4.50. The number of hydrogen-bond donors (Lipinski definition) is 1. The summed E-state index contributed by atoms with van der Waals surface area (Å²) in [6.07, 6.45) is 0. The highest BCUT2D eigenvalue weighted by atomic mass is 16.5. The van der Waals surface area contributed by atoms with Crippen molar-refractivity contribution in [1.29, 1.82) is 10.7 Å². The van der Waals surface area contributed by atoms with Gasteiger partial charge in [-0.2, -0.15) is 5.26 Å². The highest BCUT2D eigenvalue weighted by Gasteiger charge is 2.40. The first kappa shape index (κ1) is 22.9. The van der Waals surface area contributed by atoms with Gasteiger partial charge in [-0.3, -0.25) is 10.2 Å². The molecule has 8 heteroatoms. The van der Waals surface area contributed by atoms with Gasteiger partial charge in [0, 0.05) is 17.7 Å². The van der Waals surface area contributed by atoms with Crippen LogP contribution in [0.25, 0.3) is 0 Å². The second-order valence-corrected chi connectivity index (χ2v) is 7.95. The molecule has 0 bridgehead atoms. The number of ether oxygens (including phenoxy) is 4. The summed E-state index contributed by atoms with van der Waals surface area (Å²) in [4.78, 5) is 13.8. The third kappa shape index (κ3) is 3.86. The van der Waals surface area contributed by atoms with Crippen LogP contribution >= 0.6 is 0 Å². The van der Waals surface area contributed by atoms with Crippen molar-refractivity contribution < 1.29 is 18.9 Å². The zero-order valence-corrected chi connectivity index (χ0v) is 19.4. The Kier molecular flexibility index (Phi) is 6.28. The molecule has 0 saturated carbocycles. The standard InChI is InChI=1S/C26H25N3O5/c1-15-10-19-23(26(30)29(15)14-16-8-6-5-7-9-16)22(18(13-27)25(28)34-19)17-11-20(31-2)24(33-4)21(12-17)32-3/h5-12,18,22,28H,14H2,1-4H3. The van der Waals surface area contributed by atoms with Crippen LogP contribution in [0, 0.1) is 29.6 Å². The van der Waals surface area contributed by atoms with E-state index >= 15 is 0 Å². The fraction of sp³-hybridized carbons (Fsp3) is 0.269. The molecule has 0 aliphatic carbocycles. The largest absolute Gasteiger partial charge is 0.493 e. The molecule has 0 spiro atoms. The van der Waals surface area contributed by atoms with Gasteiger partial charge in [0.05, 0.1) is 39.5 Å². The molecule has 4 rings (SSSR count).